The zero-order valence-electron chi connectivity index (χ0n) is 10.2. The van der Waals surface area contributed by atoms with E-state index in [9.17, 15) is 4.79 Å². The third kappa shape index (κ3) is 2.01. The number of fused-ring (bicyclic) bond motifs is 1. The number of carbonyl (C=O) groups is 1. The van der Waals surface area contributed by atoms with Crippen LogP contribution in [0.15, 0.2) is 29.4 Å². The molecule has 0 spiro atoms. The van der Waals surface area contributed by atoms with Gasteiger partial charge in [0.05, 0.1) is 6.21 Å². The van der Waals surface area contributed by atoms with Gasteiger partial charge in [-0.1, -0.05) is 18.2 Å². The average molecular weight is 241 g/mol. The Morgan fingerprint density at radius 2 is 2.22 bits per heavy atom. The number of H-pyrrole nitrogens is 1. The lowest BCUT2D eigenvalue weighted by atomic mass is 10.1. The third-order valence-corrected chi connectivity index (χ3v) is 3.26. The summed E-state index contributed by atoms with van der Waals surface area (Å²) in [6.07, 6.45) is 3.70. The number of benzene rings is 1. The molecule has 1 heterocycles. The standard InChI is InChI=1S/C14H15N3O/c1-9-12(8-15-17-14(18)10-6-7-10)11-4-2-3-5-13(11)16-9/h2-5,8,10,16H,6-7H2,1H3,(H,17,18)/b15-8-. The van der Waals surface area contributed by atoms with Crippen molar-refractivity contribution in [3.63, 3.8) is 0 Å². The number of aromatic amines is 1. The van der Waals surface area contributed by atoms with Crippen molar-refractivity contribution in [2.24, 2.45) is 11.0 Å². The largest absolute Gasteiger partial charge is 0.358 e. The van der Waals surface area contributed by atoms with Gasteiger partial charge in [-0.3, -0.25) is 4.79 Å². The molecule has 1 aliphatic rings. The number of nitrogens with one attached hydrogen (secondary N) is 2. The number of nitrogens with zero attached hydrogens (tertiary/aromatic N) is 1. The Bertz CT molecular complexity index is 623. The molecule has 4 nitrogen and oxygen atoms in total. The van der Waals surface area contributed by atoms with E-state index in [1.165, 1.54) is 0 Å². The van der Waals surface area contributed by atoms with Crippen LogP contribution in [0.4, 0.5) is 0 Å². The number of hydrogen-bond acceptors (Lipinski definition) is 2. The first-order valence-electron chi connectivity index (χ1n) is 6.16. The van der Waals surface area contributed by atoms with E-state index in [2.05, 4.69) is 15.5 Å². The predicted octanol–water partition coefficient (Wildman–Crippen LogP) is 2.34. The molecule has 4 heteroatoms. The SMILES string of the molecule is Cc1[nH]c2ccccc2c1/C=N\NC(=O)C1CC1. The molecular formula is C14H15N3O. The fraction of sp³-hybridized carbons (Fsp3) is 0.286. The second-order valence-corrected chi connectivity index (χ2v) is 4.72. The minimum atomic E-state index is 0.0312. The summed E-state index contributed by atoms with van der Waals surface area (Å²) in [7, 11) is 0. The Balaban J connectivity index is 1.82. The first-order valence-corrected chi connectivity index (χ1v) is 6.16. The first kappa shape index (κ1) is 11.0. The summed E-state index contributed by atoms with van der Waals surface area (Å²) in [5.74, 6) is 0.218. The Hall–Kier alpha value is -2.10. The van der Waals surface area contributed by atoms with Crippen molar-refractivity contribution in [1.29, 1.82) is 0 Å². The maximum absolute atomic E-state index is 11.4. The van der Waals surface area contributed by atoms with Crippen LogP contribution in [-0.4, -0.2) is 17.1 Å². The number of carbonyl (C=O) groups excluding carboxylic acids is 1. The van der Waals surface area contributed by atoms with Crippen LogP contribution in [0, 0.1) is 12.8 Å². The number of rotatable bonds is 3. The Kier molecular flexibility index (Phi) is 2.63. The van der Waals surface area contributed by atoms with Crippen molar-refractivity contribution in [1.82, 2.24) is 10.4 Å². The second-order valence-electron chi connectivity index (χ2n) is 4.72. The van der Waals surface area contributed by atoms with Crippen LogP contribution < -0.4 is 5.43 Å². The van der Waals surface area contributed by atoms with E-state index < -0.39 is 0 Å². The van der Waals surface area contributed by atoms with Gasteiger partial charge in [0.1, 0.15) is 0 Å². The number of hydrogen-bond donors (Lipinski definition) is 2. The van der Waals surface area contributed by atoms with Gasteiger partial charge in [0, 0.05) is 28.1 Å². The number of aryl methyl sites for hydroxylation is 1. The minimum absolute atomic E-state index is 0.0312. The summed E-state index contributed by atoms with van der Waals surface area (Å²) in [6, 6.07) is 8.06. The van der Waals surface area contributed by atoms with Crippen molar-refractivity contribution < 1.29 is 4.79 Å². The lowest BCUT2D eigenvalue weighted by Crippen LogP contribution is -2.18. The number of para-hydroxylation sites is 1. The van der Waals surface area contributed by atoms with Crippen molar-refractivity contribution in [2.45, 2.75) is 19.8 Å². The maximum Gasteiger partial charge on any atom is 0.243 e. The quantitative estimate of drug-likeness (QED) is 0.629. The number of hydrazone groups is 1. The molecule has 92 valence electrons. The van der Waals surface area contributed by atoms with Crippen molar-refractivity contribution >= 4 is 23.0 Å². The molecule has 1 saturated carbocycles. The van der Waals surface area contributed by atoms with Gasteiger partial charge in [0.2, 0.25) is 5.91 Å². The van der Waals surface area contributed by atoms with Crippen LogP contribution in [0.5, 0.6) is 0 Å². The molecule has 0 radical (unpaired) electrons. The summed E-state index contributed by atoms with van der Waals surface area (Å²) in [5, 5.41) is 5.17. The Morgan fingerprint density at radius 3 is 3.00 bits per heavy atom. The van der Waals surface area contributed by atoms with Gasteiger partial charge in [-0.15, -0.1) is 0 Å². The molecule has 1 aromatic heterocycles. The minimum Gasteiger partial charge on any atom is -0.358 e. The third-order valence-electron chi connectivity index (χ3n) is 3.26. The smallest absolute Gasteiger partial charge is 0.243 e. The molecule has 0 aliphatic heterocycles. The van der Waals surface area contributed by atoms with Gasteiger partial charge in [-0.2, -0.15) is 5.10 Å². The maximum atomic E-state index is 11.4. The molecule has 0 unspecified atom stereocenters. The van der Waals surface area contributed by atoms with Crippen molar-refractivity contribution in [2.75, 3.05) is 0 Å². The van der Waals surface area contributed by atoms with Crippen LogP contribution >= 0.6 is 0 Å². The molecule has 1 amide bonds. The van der Waals surface area contributed by atoms with Crippen LogP contribution in [-0.2, 0) is 4.79 Å². The molecule has 2 N–H and O–H groups in total. The van der Waals surface area contributed by atoms with Crippen LogP contribution in [0.3, 0.4) is 0 Å². The predicted molar refractivity (Wildman–Crippen MR) is 71.5 cm³/mol. The summed E-state index contributed by atoms with van der Waals surface area (Å²) >= 11 is 0. The van der Waals surface area contributed by atoms with Crippen LogP contribution in [0.2, 0.25) is 0 Å². The topological polar surface area (TPSA) is 57.2 Å². The van der Waals surface area contributed by atoms with E-state index >= 15 is 0 Å². The highest BCUT2D eigenvalue weighted by atomic mass is 16.2. The highest BCUT2D eigenvalue weighted by Crippen LogP contribution is 2.28. The number of amides is 1. The van der Waals surface area contributed by atoms with E-state index in [0.717, 1.165) is 35.0 Å². The molecule has 1 fully saturated rings. The molecule has 18 heavy (non-hydrogen) atoms. The van der Waals surface area contributed by atoms with Gasteiger partial charge in [-0.05, 0) is 25.8 Å². The van der Waals surface area contributed by atoms with E-state index in [0.29, 0.717) is 0 Å². The lowest BCUT2D eigenvalue weighted by Gasteiger charge is -1.96. The zero-order chi connectivity index (χ0) is 12.5. The lowest BCUT2D eigenvalue weighted by molar-refractivity contribution is -0.122. The monoisotopic (exact) mass is 241 g/mol. The molecule has 0 saturated heterocycles. The van der Waals surface area contributed by atoms with Gasteiger partial charge >= 0.3 is 0 Å². The second kappa shape index (κ2) is 4.29. The first-order chi connectivity index (χ1) is 8.75. The van der Waals surface area contributed by atoms with Crippen LogP contribution in [0.1, 0.15) is 24.1 Å². The fourth-order valence-electron chi connectivity index (χ4n) is 2.06. The Morgan fingerprint density at radius 1 is 1.44 bits per heavy atom. The van der Waals surface area contributed by atoms with Crippen molar-refractivity contribution in [3.8, 4) is 0 Å². The summed E-state index contributed by atoms with van der Waals surface area (Å²) < 4.78 is 0. The van der Waals surface area contributed by atoms with Crippen LogP contribution in [0.25, 0.3) is 10.9 Å². The molecule has 0 bridgehead atoms. The summed E-state index contributed by atoms with van der Waals surface area (Å²) in [4.78, 5) is 14.7. The Labute approximate surface area is 105 Å². The van der Waals surface area contributed by atoms with E-state index in [1.807, 2.05) is 31.2 Å². The van der Waals surface area contributed by atoms with Gasteiger partial charge in [-0.25, -0.2) is 5.43 Å². The highest BCUT2D eigenvalue weighted by molar-refractivity contribution is 6.00. The average Bonchev–Trinajstić information content (AvgIpc) is 3.15. The normalized spacial score (nSPS) is 15.4. The number of aromatic nitrogens is 1. The molecular weight excluding hydrogens is 226 g/mol. The summed E-state index contributed by atoms with van der Waals surface area (Å²) in [6.45, 7) is 2.00. The molecule has 1 aliphatic carbocycles. The molecule has 1 aromatic carbocycles. The van der Waals surface area contributed by atoms with Gasteiger partial charge in [0.15, 0.2) is 0 Å². The molecule has 2 aromatic rings. The van der Waals surface area contributed by atoms with E-state index in [-0.39, 0.29) is 11.8 Å². The summed E-state index contributed by atoms with van der Waals surface area (Å²) in [5.41, 5.74) is 5.76. The fourth-order valence-corrected chi connectivity index (χ4v) is 2.06. The molecule has 3 rings (SSSR count). The van der Waals surface area contributed by atoms with Gasteiger partial charge < -0.3 is 4.98 Å². The van der Waals surface area contributed by atoms with Crippen molar-refractivity contribution in [3.05, 3.63) is 35.5 Å². The zero-order valence-corrected chi connectivity index (χ0v) is 10.2. The van der Waals surface area contributed by atoms with E-state index in [1.54, 1.807) is 6.21 Å². The van der Waals surface area contributed by atoms with Gasteiger partial charge in [0.25, 0.3) is 0 Å². The molecule has 0 atom stereocenters. The van der Waals surface area contributed by atoms with E-state index in [4.69, 9.17) is 0 Å². The highest BCUT2D eigenvalue weighted by Gasteiger charge is 2.29.